The van der Waals surface area contributed by atoms with Gasteiger partial charge in [0.25, 0.3) is 0 Å². The molecule has 1 atom stereocenters. The van der Waals surface area contributed by atoms with Gasteiger partial charge in [0.15, 0.2) is 0 Å². The summed E-state index contributed by atoms with van der Waals surface area (Å²) in [7, 11) is 0. The molecule has 3 nitrogen and oxygen atoms in total. The Labute approximate surface area is 115 Å². The maximum absolute atomic E-state index is 9.15. The minimum absolute atomic E-state index is 0.157. The number of aliphatic hydroxyl groups is 1. The van der Waals surface area contributed by atoms with E-state index >= 15 is 0 Å². The van der Waals surface area contributed by atoms with Gasteiger partial charge in [0, 0.05) is 23.0 Å². The number of halogens is 1. The van der Waals surface area contributed by atoms with Crippen molar-refractivity contribution < 1.29 is 5.11 Å². The molecule has 0 radical (unpaired) electrons. The molecule has 0 aliphatic heterocycles. The van der Waals surface area contributed by atoms with Crippen LogP contribution in [0.5, 0.6) is 0 Å². The second-order valence-electron chi connectivity index (χ2n) is 4.35. The van der Waals surface area contributed by atoms with Crippen LogP contribution in [0.4, 0.5) is 0 Å². The summed E-state index contributed by atoms with van der Waals surface area (Å²) in [5.74, 6) is 6.08. The lowest BCUT2D eigenvalue weighted by Crippen LogP contribution is -2.12. The Hall–Kier alpha value is -1.31. The third-order valence-corrected chi connectivity index (χ3v) is 3.25. The quantitative estimate of drug-likeness (QED) is 0.886. The molecule has 0 saturated carbocycles. The molecule has 2 rings (SSSR count). The summed E-state index contributed by atoms with van der Waals surface area (Å²) in [4.78, 5) is 0. The van der Waals surface area contributed by atoms with Crippen molar-refractivity contribution in [3.05, 3.63) is 28.4 Å². The first kappa shape index (κ1) is 13.1. The molecule has 0 amide bonds. The minimum Gasteiger partial charge on any atom is -0.396 e. The molecule has 1 heterocycles. The Morgan fingerprint density at radius 1 is 1.50 bits per heavy atom. The van der Waals surface area contributed by atoms with E-state index in [1.807, 2.05) is 29.8 Å². The number of hydrogen-bond donors (Lipinski definition) is 1. The van der Waals surface area contributed by atoms with E-state index in [4.69, 9.17) is 5.11 Å². The van der Waals surface area contributed by atoms with Crippen LogP contribution in [0.2, 0.25) is 0 Å². The highest BCUT2D eigenvalue weighted by molar-refractivity contribution is 9.10. The highest BCUT2D eigenvalue weighted by atomic mass is 79.9. The maximum Gasteiger partial charge on any atom is 0.143 e. The largest absolute Gasteiger partial charge is 0.396 e. The summed E-state index contributed by atoms with van der Waals surface area (Å²) in [6.07, 6.45) is 0. The first-order valence-corrected chi connectivity index (χ1v) is 6.64. The van der Waals surface area contributed by atoms with Gasteiger partial charge in [0.2, 0.25) is 0 Å². The van der Waals surface area contributed by atoms with Gasteiger partial charge in [0.1, 0.15) is 5.69 Å². The molecule has 0 bridgehead atoms. The second-order valence-corrected chi connectivity index (χ2v) is 5.27. The number of rotatable bonds is 3. The van der Waals surface area contributed by atoms with Gasteiger partial charge >= 0.3 is 0 Å². The summed E-state index contributed by atoms with van der Waals surface area (Å²) in [6.45, 7) is 4.65. The molecule has 0 aliphatic rings. The third-order valence-electron chi connectivity index (χ3n) is 2.75. The summed E-state index contributed by atoms with van der Waals surface area (Å²) in [5.41, 5.74) is 1.84. The van der Waals surface area contributed by atoms with E-state index in [9.17, 15) is 0 Å². The number of aromatic nitrogens is 2. The molecule has 0 aliphatic carbocycles. The van der Waals surface area contributed by atoms with Crippen molar-refractivity contribution in [2.45, 2.75) is 20.4 Å². The fourth-order valence-electron chi connectivity index (χ4n) is 1.85. The summed E-state index contributed by atoms with van der Waals surface area (Å²) < 4.78 is 2.93. The van der Waals surface area contributed by atoms with Gasteiger partial charge in [-0.1, -0.05) is 28.8 Å². The molecule has 1 N–H and O–H groups in total. The highest BCUT2D eigenvalue weighted by Gasteiger charge is 2.11. The molecule has 0 fully saturated rings. The lowest BCUT2D eigenvalue weighted by Gasteiger charge is -2.08. The van der Waals surface area contributed by atoms with Crippen molar-refractivity contribution in [3.8, 4) is 11.8 Å². The smallest absolute Gasteiger partial charge is 0.143 e. The van der Waals surface area contributed by atoms with Crippen LogP contribution in [0.1, 0.15) is 19.5 Å². The van der Waals surface area contributed by atoms with Crippen molar-refractivity contribution in [3.63, 3.8) is 0 Å². The monoisotopic (exact) mass is 306 g/mol. The molecule has 0 unspecified atom stereocenters. The fraction of sp³-hybridized carbons (Fsp3) is 0.357. The van der Waals surface area contributed by atoms with Crippen molar-refractivity contribution in [1.82, 2.24) is 9.78 Å². The molecule has 4 heteroatoms. The fourth-order valence-corrected chi connectivity index (χ4v) is 2.20. The van der Waals surface area contributed by atoms with E-state index < -0.39 is 0 Å². The Balaban J connectivity index is 2.56. The Bertz CT molecular complexity index is 622. The zero-order valence-corrected chi connectivity index (χ0v) is 12.0. The van der Waals surface area contributed by atoms with E-state index in [2.05, 4.69) is 32.9 Å². The maximum atomic E-state index is 9.15. The van der Waals surface area contributed by atoms with Gasteiger partial charge in [-0.05, 0) is 37.0 Å². The van der Waals surface area contributed by atoms with Gasteiger partial charge in [-0.25, -0.2) is 0 Å². The number of benzene rings is 1. The van der Waals surface area contributed by atoms with Crippen molar-refractivity contribution in [1.29, 1.82) is 0 Å². The Kier molecular flexibility index (Phi) is 4.05. The van der Waals surface area contributed by atoms with E-state index in [0.717, 1.165) is 21.1 Å². The van der Waals surface area contributed by atoms with E-state index in [-0.39, 0.29) is 12.5 Å². The first-order valence-electron chi connectivity index (χ1n) is 5.85. The Morgan fingerprint density at radius 3 is 2.94 bits per heavy atom. The molecule has 0 saturated heterocycles. The molecular formula is C14H15BrN2O. The average molecular weight is 307 g/mol. The average Bonchev–Trinajstić information content (AvgIpc) is 2.67. The second kappa shape index (κ2) is 5.55. The van der Waals surface area contributed by atoms with E-state index in [1.165, 1.54) is 0 Å². The van der Waals surface area contributed by atoms with Gasteiger partial charge in [-0.3, -0.25) is 4.68 Å². The van der Waals surface area contributed by atoms with Gasteiger partial charge < -0.3 is 5.11 Å². The molecule has 1 aromatic heterocycles. The van der Waals surface area contributed by atoms with Crippen LogP contribution in [0.15, 0.2) is 22.7 Å². The van der Waals surface area contributed by atoms with Crippen LogP contribution < -0.4 is 0 Å². The molecule has 0 spiro atoms. The first-order chi connectivity index (χ1) is 8.65. The van der Waals surface area contributed by atoms with Crippen LogP contribution in [0, 0.1) is 17.8 Å². The minimum atomic E-state index is 0.157. The number of hydrogen-bond acceptors (Lipinski definition) is 2. The molecule has 94 valence electrons. The topological polar surface area (TPSA) is 38.0 Å². The third kappa shape index (κ3) is 2.58. The molecule has 18 heavy (non-hydrogen) atoms. The highest BCUT2D eigenvalue weighted by Crippen LogP contribution is 2.23. The van der Waals surface area contributed by atoms with Gasteiger partial charge in [-0.15, -0.1) is 0 Å². The Morgan fingerprint density at radius 2 is 2.28 bits per heavy atom. The predicted molar refractivity (Wildman–Crippen MR) is 76.2 cm³/mol. The summed E-state index contributed by atoms with van der Waals surface area (Å²) in [6, 6.07) is 6.05. The zero-order chi connectivity index (χ0) is 13.1. The molecule has 1 aromatic carbocycles. The van der Waals surface area contributed by atoms with Crippen molar-refractivity contribution in [2.75, 3.05) is 6.61 Å². The zero-order valence-electron chi connectivity index (χ0n) is 10.4. The molecular weight excluding hydrogens is 292 g/mol. The standard InChI is InChI=1S/C14H15BrN2O/c1-3-4-13-12-6-5-11(15)7-14(12)17(16-13)8-10(2)9-18/h5-7,10,18H,8-9H2,1-2H3/t10-/m0/s1. The lowest BCUT2D eigenvalue weighted by atomic mass is 10.2. The van der Waals surface area contributed by atoms with Crippen LogP contribution in [0.25, 0.3) is 10.9 Å². The van der Waals surface area contributed by atoms with Crippen LogP contribution in [0.3, 0.4) is 0 Å². The summed E-state index contributed by atoms with van der Waals surface area (Å²) in [5, 5.41) is 14.7. The van der Waals surface area contributed by atoms with Crippen LogP contribution >= 0.6 is 15.9 Å². The normalized spacial score (nSPS) is 12.2. The predicted octanol–water partition coefficient (Wildman–Crippen LogP) is 2.80. The summed E-state index contributed by atoms with van der Waals surface area (Å²) >= 11 is 3.47. The van der Waals surface area contributed by atoms with E-state index in [0.29, 0.717) is 6.54 Å². The lowest BCUT2D eigenvalue weighted by molar-refractivity contribution is 0.220. The number of aliphatic hydroxyl groups excluding tert-OH is 1. The van der Waals surface area contributed by atoms with E-state index in [1.54, 1.807) is 6.92 Å². The van der Waals surface area contributed by atoms with Gasteiger partial charge in [-0.2, -0.15) is 5.10 Å². The molecule has 2 aromatic rings. The van der Waals surface area contributed by atoms with Gasteiger partial charge in [0.05, 0.1) is 5.52 Å². The van der Waals surface area contributed by atoms with Crippen molar-refractivity contribution in [2.24, 2.45) is 5.92 Å². The van der Waals surface area contributed by atoms with Crippen LogP contribution in [-0.4, -0.2) is 21.5 Å². The number of nitrogens with zero attached hydrogens (tertiary/aromatic N) is 2. The van der Waals surface area contributed by atoms with Crippen LogP contribution in [-0.2, 0) is 6.54 Å². The number of fused-ring (bicyclic) bond motifs is 1. The van der Waals surface area contributed by atoms with Crippen molar-refractivity contribution >= 4 is 26.8 Å². The SMILES string of the molecule is CC#Cc1nn(C[C@H](C)CO)c2cc(Br)ccc12.